The van der Waals surface area contributed by atoms with E-state index < -0.39 is 11.6 Å². The van der Waals surface area contributed by atoms with Gasteiger partial charge in [-0.2, -0.15) is 0 Å². The molecule has 2 aromatic rings. The first-order valence-corrected chi connectivity index (χ1v) is 6.20. The molecule has 3 nitrogen and oxygen atoms in total. The number of anilines is 1. The normalized spacial score (nSPS) is 10.5. The summed E-state index contributed by atoms with van der Waals surface area (Å²) in [5.74, 6) is -0.995. The van der Waals surface area contributed by atoms with Crippen LogP contribution >= 0.6 is 0 Å². The Morgan fingerprint density at radius 2 is 1.89 bits per heavy atom. The molecule has 0 aliphatic rings. The van der Waals surface area contributed by atoms with E-state index in [4.69, 9.17) is 0 Å². The van der Waals surface area contributed by atoms with Crippen molar-refractivity contribution >= 4 is 5.82 Å². The van der Waals surface area contributed by atoms with Gasteiger partial charge >= 0.3 is 0 Å². The summed E-state index contributed by atoms with van der Waals surface area (Å²) >= 11 is 0. The largest absolute Gasteiger partial charge is 0.370 e. The predicted molar refractivity (Wildman–Crippen MR) is 70.9 cm³/mol. The third-order valence-corrected chi connectivity index (χ3v) is 2.84. The van der Waals surface area contributed by atoms with Gasteiger partial charge in [0, 0.05) is 17.7 Å². The first-order valence-electron chi connectivity index (χ1n) is 6.20. The fraction of sp³-hybridized carbons (Fsp3) is 0.286. The average Bonchev–Trinajstić information content (AvgIpc) is 2.42. The Bertz CT molecular complexity index is 585. The van der Waals surface area contributed by atoms with Gasteiger partial charge in [-0.15, -0.1) is 0 Å². The fourth-order valence-electron chi connectivity index (χ4n) is 1.96. The molecule has 5 heteroatoms. The van der Waals surface area contributed by atoms with Gasteiger partial charge < -0.3 is 5.32 Å². The molecule has 0 amide bonds. The molecule has 0 unspecified atom stereocenters. The van der Waals surface area contributed by atoms with Crippen LogP contribution < -0.4 is 5.32 Å². The van der Waals surface area contributed by atoms with Crippen molar-refractivity contribution < 1.29 is 8.78 Å². The summed E-state index contributed by atoms with van der Waals surface area (Å²) in [6, 6.07) is 3.79. The van der Waals surface area contributed by atoms with Crippen LogP contribution in [-0.4, -0.2) is 16.5 Å². The summed E-state index contributed by atoms with van der Waals surface area (Å²) in [6.45, 7) is 4.68. The van der Waals surface area contributed by atoms with Crippen molar-refractivity contribution in [3.63, 3.8) is 0 Å². The minimum Gasteiger partial charge on any atom is -0.370 e. The Morgan fingerprint density at radius 3 is 2.53 bits per heavy atom. The van der Waals surface area contributed by atoms with Gasteiger partial charge in [-0.05, 0) is 31.5 Å². The van der Waals surface area contributed by atoms with Gasteiger partial charge in [0.1, 0.15) is 12.1 Å². The van der Waals surface area contributed by atoms with Crippen molar-refractivity contribution in [2.75, 3.05) is 11.9 Å². The Morgan fingerprint density at radius 1 is 1.11 bits per heavy atom. The van der Waals surface area contributed by atoms with Crippen LogP contribution in [-0.2, 0) is 6.42 Å². The van der Waals surface area contributed by atoms with Crippen LogP contribution in [0.4, 0.5) is 14.6 Å². The van der Waals surface area contributed by atoms with Gasteiger partial charge in [-0.25, -0.2) is 18.7 Å². The van der Waals surface area contributed by atoms with E-state index >= 15 is 0 Å². The number of rotatable bonds is 4. The Balaban J connectivity index is 2.54. The highest BCUT2D eigenvalue weighted by molar-refractivity contribution is 5.68. The van der Waals surface area contributed by atoms with Crippen LogP contribution in [0.2, 0.25) is 0 Å². The summed E-state index contributed by atoms with van der Waals surface area (Å²) in [4.78, 5) is 8.37. The molecule has 0 spiro atoms. The van der Waals surface area contributed by atoms with Gasteiger partial charge in [-0.3, -0.25) is 0 Å². The van der Waals surface area contributed by atoms with Gasteiger partial charge in [0.2, 0.25) is 0 Å². The van der Waals surface area contributed by atoms with E-state index in [0.29, 0.717) is 17.7 Å². The van der Waals surface area contributed by atoms with E-state index in [9.17, 15) is 8.78 Å². The third kappa shape index (κ3) is 2.70. The summed E-state index contributed by atoms with van der Waals surface area (Å²) in [5.41, 5.74) is 2.08. The molecule has 0 bridgehead atoms. The predicted octanol–water partition coefficient (Wildman–Crippen LogP) is 3.42. The lowest BCUT2D eigenvalue weighted by Crippen LogP contribution is -2.06. The van der Waals surface area contributed by atoms with E-state index in [1.54, 1.807) is 0 Å². The zero-order chi connectivity index (χ0) is 13.8. The molecule has 0 atom stereocenters. The van der Waals surface area contributed by atoms with Crippen molar-refractivity contribution in [3.05, 3.63) is 41.7 Å². The molecule has 1 aromatic carbocycles. The molecule has 0 radical (unpaired) electrons. The number of aromatic nitrogens is 2. The van der Waals surface area contributed by atoms with E-state index in [1.807, 2.05) is 13.8 Å². The van der Waals surface area contributed by atoms with Crippen molar-refractivity contribution in [2.45, 2.75) is 20.3 Å². The molecule has 2 rings (SSSR count). The van der Waals surface area contributed by atoms with Crippen molar-refractivity contribution in [2.24, 2.45) is 0 Å². The Hall–Kier alpha value is -2.04. The first kappa shape index (κ1) is 13.4. The number of hydrogen-bond donors (Lipinski definition) is 1. The molecular weight excluding hydrogens is 248 g/mol. The van der Waals surface area contributed by atoms with Crippen LogP contribution in [0, 0.1) is 11.6 Å². The smallest absolute Gasteiger partial charge is 0.159 e. The SMILES string of the molecule is CCNc1ncnc(-c2ccc(F)c(F)c2)c1CC. The Labute approximate surface area is 110 Å². The number of nitrogens with one attached hydrogen (secondary N) is 1. The molecule has 1 aromatic heterocycles. The summed E-state index contributed by atoms with van der Waals surface area (Å²) in [6.07, 6.45) is 2.13. The van der Waals surface area contributed by atoms with E-state index in [2.05, 4.69) is 15.3 Å². The zero-order valence-corrected chi connectivity index (χ0v) is 10.9. The monoisotopic (exact) mass is 263 g/mol. The summed E-state index contributed by atoms with van der Waals surface area (Å²) in [5, 5.41) is 3.14. The van der Waals surface area contributed by atoms with Gasteiger partial charge in [0.15, 0.2) is 11.6 Å². The summed E-state index contributed by atoms with van der Waals surface area (Å²) in [7, 11) is 0. The molecule has 0 aliphatic heterocycles. The van der Waals surface area contributed by atoms with Gasteiger partial charge in [0.25, 0.3) is 0 Å². The minimum atomic E-state index is -0.872. The average molecular weight is 263 g/mol. The van der Waals surface area contributed by atoms with Gasteiger partial charge in [-0.1, -0.05) is 6.92 Å². The molecule has 1 heterocycles. The van der Waals surface area contributed by atoms with Crippen LogP contribution in [0.25, 0.3) is 11.3 Å². The maximum absolute atomic E-state index is 13.3. The highest BCUT2D eigenvalue weighted by Gasteiger charge is 2.13. The third-order valence-electron chi connectivity index (χ3n) is 2.84. The molecular formula is C14H15F2N3. The molecule has 0 saturated carbocycles. The van der Waals surface area contributed by atoms with Crippen LogP contribution in [0.3, 0.4) is 0 Å². The first-order chi connectivity index (χ1) is 9.17. The van der Waals surface area contributed by atoms with Crippen LogP contribution in [0.15, 0.2) is 24.5 Å². The van der Waals surface area contributed by atoms with Crippen molar-refractivity contribution in [1.29, 1.82) is 0 Å². The highest BCUT2D eigenvalue weighted by Crippen LogP contribution is 2.27. The van der Waals surface area contributed by atoms with E-state index in [1.165, 1.54) is 12.4 Å². The zero-order valence-electron chi connectivity index (χ0n) is 10.9. The second kappa shape index (κ2) is 5.73. The van der Waals surface area contributed by atoms with Crippen molar-refractivity contribution in [3.8, 4) is 11.3 Å². The number of benzene rings is 1. The van der Waals surface area contributed by atoms with E-state index in [-0.39, 0.29) is 0 Å². The number of hydrogen-bond acceptors (Lipinski definition) is 3. The lowest BCUT2D eigenvalue weighted by Gasteiger charge is -2.12. The van der Waals surface area contributed by atoms with Gasteiger partial charge in [0.05, 0.1) is 5.69 Å². The molecule has 19 heavy (non-hydrogen) atoms. The summed E-state index contributed by atoms with van der Waals surface area (Å²) < 4.78 is 26.3. The second-order valence-corrected chi connectivity index (χ2v) is 4.06. The standard InChI is InChI=1S/C14H15F2N3/c1-3-10-13(18-8-19-14(10)17-4-2)9-5-6-11(15)12(16)7-9/h5-8H,3-4H2,1-2H3,(H,17,18,19). The minimum absolute atomic E-state index is 0.553. The quantitative estimate of drug-likeness (QED) is 0.918. The molecule has 0 saturated heterocycles. The van der Waals surface area contributed by atoms with E-state index in [0.717, 1.165) is 30.1 Å². The number of halogens is 2. The maximum atomic E-state index is 13.3. The Kier molecular flexibility index (Phi) is 4.04. The topological polar surface area (TPSA) is 37.8 Å². The maximum Gasteiger partial charge on any atom is 0.159 e. The lowest BCUT2D eigenvalue weighted by atomic mass is 10.0. The molecule has 0 fully saturated rings. The van der Waals surface area contributed by atoms with Crippen molar-refractivity contribution in [1.82, 2.24) is 9.97 Å². The molecule has 1 N–H and O–H groups in total. The van der Waals surface area contributed by atoms with Crippen LogP contribution in [0.5, 0.6) is 0 Å². The number of nitrogens with zero attached hydrogens (tertiary/aromatic N) is 2. The van der Waals surface area contributed by atoms with Crippen LogP contribution in [0.1, 0.15) is 19.4 Å². The second-order valence-electron chi connectivity index (χ2n) is 4.06. The lowest BCUT2D eigenvalue weighted by molar-refractivity contribution is 0.509. The molecule has 100 valence electrons. The highest BCUT2D eigenvalue weighted by atomic mass is 19.2. The molecule has 0 aliphatic carbocycles. The fourth-order valence-corrected chi connectivity index (χ4v) is 1.96.